The van der Waals surface area contributed by atoms with Gasteiger partial charge in [-0.3, -0.25) is 9.10 Å². The van der Waals surface area contributed by atoms with Gasteiger partial charge >= 0.3 is 5.97 Å². The fourth-order valence-electron chi connectivity index (χ4n) is 2.60. The van der Waals surface area contributed by atoms with Gasteiger partial charge in [0.25, 0.3) is 15.9 Å². The first-order valence-corrected chi connectivity index (χ1v) is 11.5. The van der Waals surface area contributed by atoms with Gasteiger partial charge < -0.3 is 10.1 Å². The molecule has 172 valence electrons. The smallest absolute Gasteiger partial charge is 0.338 e. The van der Waals surface area contributed by atoms with Crippen LogP contribution in [0.25, 0.3) is 0 Å². The highest BCUT2D eigenvalue weighted by Gasteiger charge is 2.28. The summed E-state index contributed by atoms with van der Waals surface area (Å²) in [7, 11) is -4.24. The van der Waals surface area contributed by atoms with Crippen LogP contribution in [-0.2, 0) is 19.6 Å². The average molecular weight is 483 g/mol. The molecule has 0 aliphatic carbocycles. The van der Waals surface area contributed by atoms with Gasteiger partial charge in [-0.2, -0.15) is 0 Å². The Morgan fingerprint density at radius 1 is 1.22 bits per heavy atom. The first-order chi connectivity index (χ1) is 15.1. The number of nitrogens with zero attached hydrogens (tertiary/aromatic N) is 1. The lowest BCUT2D eigenvalue weighted by Gasteiger charge is -2.24. The van der Waals surface area contributed by atoms with Crippen molar-refractivity contribution in [1.29, 1.82) is 0 Å². The maximum absolute atomic E-state index is 13.3. The number of nitrogens with one attached hydrogen (secondary N) is 1. The maximum atomic E-state index is 13.3. The second-order valence-corrected chi connectivity index (χ2v) is 9.46. The summed E-state index contributed by atoms with van der Waals surface area (Å²) in [6.45, 7) is 7.21. The van der Waals surface area contributed by atoms with E-state index in [0.29, 0.717) is 6.54 Å². The van der Waals surface area contributed by atoms with E-state index in [1.807, 2.05) is 13.8 Å². The number of hydrogen-bond donors (Lipinski definition) is 1. The summed E-state index contributed by atoms with van der Waals surface area (Å²) < 4.78 is 45.9. The lowest BCUT2D eigenvalue weighted by Crippen LogP contribution is -2.32. The van der Waals surface area contributed by atoms with E-state index in [-0.39, 0.29) is 33.6 Å². The Morgan fingerprint density at radius 2 is 1.88 bits per heavy atom. The largest absolute Gasteiger partial charge is 0.452 e. The van der Waals surface area contributed by atoms with Gasteiger partial charge in [-0.1, -0.05) is 31.5 Å². The zero-order chi connectivity index (χ0) is 23.9. The van der Waals surface area contributed by atoms with Crippen LogP contribution in [-0.4, -0.2) is 40.0 Å². The minimum Gasteiger partial charge on any atom is -0.452 e. The van der Waals surface area contributed by atoms with Crippen LogP contribution < -0.4 is 9.62 Å². The zero-order valence-electron chi connectivity index (χ0n) is 17.7. The Bertz CT molecular complexity index is 1090. The van der Waals surface area contributed by atoms with E-state index in [4.69, 9.17) is 16.3 Å². The molecule has 0 aromatic heterocycles. The molecule has 1 N–H and O–H groups in total. The van der Waals surface area contributed by atoms with Crippen molar-refractivity contribution in [2.24, 2.45) is 5.92 Å². The van der Waals surface area contributed by atoms with E-state index in [9.17, 15) is 22.4 Å². The van der Waals surface area contributed by atoms with Crippen molar-refractivity contribution in [2.75, 3.05) is 24.0 Å². The fourth-order valence-corrected chi connectivity index (χ4v) is 4.54. The lowest BCUT2D eigenvalue weighted by molar-refractivity contribution is -0.124. The molecule has 0 spiro atoms. The summed E-state index contributed by atoms with van der Waals surface area (Å²) >= 11 is 6.13. The maximum Gasteiger partial charge on any atom is 0.338 e. The number of esters is 1. The van der Waals surface area contributed by atoms with Crippen molar-refractivity contribution >= 4 is 39.2 Å². The van der Waals surface area contributed by atoms with Gasteiger partial charge in [0.1, 0.15) is 10.7 Å². The Kier molecular flexibility index (Phi) is 8.80. The van der Waals surface area contributed by atoms with E-state index in [1.54, 1.807) is 0 Å². The Hall–Kier alpha value is -2.91. The summed E-state index contributed by atoms with van der Waals surface area (Å²) in [5.41, 5.74) is 0.0967. The molecule has 2 aromatic carbocycles. The number of anilines is 1. The second kappa shape index (κ2) is 11.1. The fraction of sp³-hybridized carbons (Fsp3) is 0.273. The van der Waals surface area contributed by atoms with Crippen LogP contribution in [0.15, 0.2) is 60.0 Å². The molecule has 0 bridgehead atoms. The molecule has 0 aliphatic heterocycles. The van der Waals surface area contributed by atoms with Crippen LogP contribution in [0.3, 0.4) is 0 Å². The number of ether oxygens (including phenoxy) is 1. The molecule has 2 rings (SSSR count). The van der Waals surface area contributed by atoms with E-state index < -0.39 is 34.3 Å². The monoisotopic (exact) mass is 482 g/mol. The van der Waals surface area contributed by atoms with Crippen LogP contribution in [0, 0.1) is 11.7 Å². The molecule has 1 amide bonds. The number of amides is 1. The molecule has 0 heterocycles. The first-order valence-electron chi connectivity index (χ1n) is 9.68. The molecular weight excluding hydrogens is 459 g/mol. The molecule has 0 aliphatic rings. The van der Waals surface area contributed by atoms with Crippen molar-refractivity contribution in [3.63, 3.8) is 0 Å². The van der Waals surface area contributed by atoms with E-state index in [2.05, 4.69) is 11.9 Å². The summed E-state index contributed by atoms with van der Waals surface area (Å²) in [6, 6.07) is 8.48. The summed E-state index contributed by atoms with van der Waals surface area (Å²) in [6.07, 6.45) is 1.36. The number of hydrogen-bond acceptors (Lipinski definition) is 5. The predicted octanol–water partition coefficient (Wildman–Crippen LogP) is 3.79. The third-order valence-electron chi connectivity index (χ3n) is 4.19. The first kappa shape index (κ1) is 25.4. The quantitative estimate of drug-likeness (QED) is 0.411. The Labute approximate surface area is 191 Å². The summed E-state index contributed by atoms with van der Waals surface area (Å²) in [5.74, 6) is -1.64. The lowest BCUT2D eigenvalue weighted by atomic mass is 10.2. The van der Waals surface area contributed by atoms with Gasteiger partial charge in [0, 0.05) is 6.54 Å². The molecule has 0 saturated heterocycles. The van der Waals surface area contributed by atoms with Crippen molar-refractivity contribution in [1.82, 2.24) is 5.32 Å². The number of carbonyl (C=O) groups excluding carboxylic acids is 2. The zero-order valence-corrected chi connectivity index (χ0v) is 19.2. The van der Waals surface area contributed by atoms with Gasteiger partial charge in [-0.15, -0.1) is 6.58 Å². The topological polar surface area (TPSA) is 92.8 Å². The van der Waals surface area contributed by atoms with Crippen LogP contribution in [0.1, 0.15) is 24.2 Å². The molecule has 0 fully saturated rings. The van der Waals surface area contributed by atoms with Gasteiger partial charge in [0.15, 0.2) is 6.61 Å². The minimum absolute atomic E-state index is 0.0951. The molecular formula is C22H24ClFN2O5S. The van der Waals surface area contributed by atoms with E-state index in [0.717, 1.165) is 22.5 Å². The molecule has 0 unspecified atom stereocenters. The van der Waals surface area contributed by atoms with Crippen LogP contribution >= 0.6 is 11.6 Å². The normalized spacial score (nSPS) is 11.2. The number of benzene rings is 2. The third-order valence-corrected chi connectivity index (χ3v) is 6.46. The molecule has 0 radical (unpaired) electrons. The van der Waals surface area contributed by atoms with Crippen LogP contribution in [0.5, 0.6) is 0 Å². The Morgan fingerprint density at radius 3 is 2.47 bits per heavy atom. The van der Waals surface area contributed by atoms with Crippen LogP contribution in [0.2, 0.25) is 5.02 Å². The summed E-state index contributed by atoms with van der Waals surface area (Å²) in [4.78, 5) is 23.8. The predicted molar refractivity (Wildman–Crippen MR) is 121 cm³/mol. The SMILES string of the molecule is C=CCN(c1ccc(F)cc1)S(=O)(=O)c1cc(C(=O)OCC(=O)NCC(C)C)ccc1Cl. The number of rotatable bonds is 10. The highest BCUT2D eigenvalue weighted by Crippen LogP contribution is 2.29. The summed E-state index contributed by atoms with van der Waals surface area (Å²) in [5, 5.41) is 2.49. The molecule has 10 heteroatoms. The van der Waals surface area contributed by atoms with Gasteiger partial charge in [-0.25, -0.2) is 17.6 Å². The molecule has 2 aromatic rings. The minimum atomic E-state index is -4.24. The third kappa shape index (κ3) is 6.54. The van der Waals surface area contributed by atoms with Crippen molar-refractivity contribution < 1.29 is 27.1 Å². The molecule has 32 heavy (non-hydrogen) atoms. The van der Waals surface area contributed by atoms with Gasteiger partial charge in [0.05, 0.1) is 22.8 Å². The highest BCUT2D eigenvalue weighted by molar-refractivity contribution is 7.93. The Balaban J connectivity index is 2.29. The average Bonchev–Trinajstić information content (AvgIpc) is 2.75. The van der Waals surface area contributed by atoms with Crippen molar-refractivity contribution in [2.45, 2.75) is 18.7 Å². The van der Waals surface area contributed by atoms with Gasteiger partial charge in [-0.05, 0) is 48.4 Å². The van der Waals surface area contributed by atoms with Crippen LogP contribution in [0.4, 0.5) is 10.1 Å². The van der Waals surface area contributed by atoms with E-state index in [1.165, 1.54) is 30.3 Å². The van der Waals surface area contributed by atoms with E-state index >= 15 is 0 Å². The number of halogens is 2. The molecule has 0 saturated carbocycles. The number of sulfonamides is 1. The molecule has 0 atom stereocenters. The van der Waals surface area contributed by atoms with Gasteiger partial charge in [0.2, 0.25) is 0 Å². The molecule has 7 nitrogen and oxygen atoms in total. The standard InChI is InChI=1S/C22H24ClFN2O5S/c1-4-11-26(18-8-6-17(24)7-9-18)32(29,30)20-12-16(5-10-19(20)23)22(28)31-14-21(27)25-13-15(2)3/h4-10,12,15H,1,11,13-14H2,2-3H3,(H,25,27). The van der Waals surface area contributed by atoms with Crippen molar-refractivity contribution in [3.8, 4) is 0 Å². The highest BCUT2D eigenvalue weighted by atomic mass is 35.5. The van der Waals surface area contributed by atoms with Crippen molar-refractivity contribution in [3.05, 3.63) is 71.5 Å². The second-order valence-electron chi connectivity index (χ2n) is 7.22. The number of carbonyl (C=O) groups is 2.